The standard InChI is InChI=1S/C12H14ClNO2/c1-5-9(13)8-6-11(15-3)12(16-4)7-10(8)14-2/h5-7H,2H2,1,3-4H3/b9-5+. The highest BCUT2D eigenvalue weighted by molar-refractivity contribution is 6.49. The number of benzene rings is 1. The maximum Gasteiger partial charge on any atom is 0.162 e. The summed E-state index contributed by atoms with van der Waals surface area (Å²) in [4.78, 5) is 3.91. The Labute approximate surface area is 100 Å². The topological polar surface area (TPSA) is 30.8 Å². The molecule has 0 heterocycles. The van der Waals surface area contributed by atoms with E-state index in [0.29, 0.717) is 22.2 Å². The van der Waals surface area contributed by atoms with Gasteiger partial charge in [-0.25, -0.2) is 0 Å². The Hall–Kier alpha value is -1.48. The van der Waals surface area contributed by atoms with Crippen molar-refractivity contribution < 1.29 is 9.47 Å². The first-order valence-corrected chi connectivity index (χ1v) is 5.10. The average molecular weight is 240 g/mol. The zero-order valence-electron chi connectivity index (χ0n) is 9.58. The lowest BCUT2D eigenvalue weighted by molar-refractivity contribution is 0.355. The van der Waals surface area contributed by atoms with Crippen LogP contribution in [0.5, 0.6) is 11.5 Å². The van der Waals surface area contributed by atoms with E-state index < -0.39 is 0 Å². The van der Waals surface area contributed by atoms with E-state index in [4.69, 9.17) is 21.1 Å². The summed E-state index contributed by atoms with van der Waals surface area (Å²) in [6.07, 6.45) is 1.79. The number of methoxy groups -OCH3 is 2. The van der Waals surface area contributed by atoms with Crippen LogP contribution in [0.3, 0.4) is 0 Å². The molecular weight excluding hydrogens is 226 g/mol. The number of rotatable bonds is 4. The highest BCUT2D eigenvalue weighted by Crippen LogP contribution is 2.38. The van der Waals surface area contributed by atoms with Gasteiger partial charge in [-0.2, -0.15) is 0 Å². The fraction of sp³-hybridized carbons (Fsp3) is 0.250. The summed E-state index contributed by atoms with van der Waals surface area (Å²) in [6.45, 7) is 5.36. The normalized spacial score (nSPS) is 11.1. The molecule has 0 saturated heterocycles. The molecule has 0 saturated carbocycles. The lowest BCUT2D eigenvalue weighted by atomic mass is 10.1. The van der Waals surface area contributed by atoms with Gasteiger partial charge < -0.3 is 9.47 Å². The molecule has 3 nitrogen and oxygen atoms in total. The molecular formula is C12H14ClNO2. The average Bonchev–Trinajstić information content (AvgIpc) is 2.35. The fourth-order valence-electron chi connectivity index (χ4n) is 1.35. The molecule has 0 amide bonds. The fourth-order valence-corrected chi connectivity index (χ4v) is 1.50. The van der Waals surface area contributed by atoms with Crippen LogP contribution in [-0.4, -0.2) is 20.9 Å². The summed E-state index contributed by atoms with van der Waals surface area (Å²) in [5, 5.41) is 0.600. The van der Waals surface area contributed by atoms with Gasteiger partial charge in [-0.3, -0.25) is 4.99 Å². The second-order valence-corrected chi connectivity index (χ2v) is 3.43. The second kappa shape index (κ2) is 5.56. The van der Waals surface area contributed by atoms with Gasteiger partial charge in [0.2, 0.25) is 0 Å². The smallest absolute Gasteiger partial charge is 0.162 e. The van der Waals surface area contributed by atoms with Crippen molar-refractivity contribution in [2.45, 2.75) is 6.92 Å². The second-order valence-electron chi connectivity index (χ2n) is 3.02. The van der Waals surface area contributed by atoms with Gasteiger partial charge >= 0.3 is 0 Å². The monoisotopic (exact) mass is 239 g/mol. The third-order valence-electron chi connectivity index (χ3n) is 2.18. The summed E-state index contributed by atoms with van der Waals surface area (Å²) in [5.74, 6) is 1.22. The van der Waals surface area contributed by atoms with Crippen LogP contribution < -0.4 is 9.47 Å². The third-order valence-corrected chi connectivity index (χ3v) is 2.60. The number of hydrogen-bond acceptors (Lipinski definition) is 3. The Morgan fingerprint density at radius 2 is 1.88 bits per heavy atom. The van der Waals surface area contributed by atoms with Crippen molar-refractivity contribution in [2.75, 3.05) is 14.2 Å². The maximum atomic E-state index is 6.08. The number of nitrogens with zero attached hydrogens (tertiary/aromatic N) is 1. The Balaban J connectivity index is 3.43. The van der Waals surface area contributed by atoms with Gasteiger partial charge in [0.05, 0.1) is 19.9 Å². The third kappa shape index (κ3) is 2.36. The first-order chi connectivity index (χ1) is 7.67. The largest absolute Gasteiger partial charge is 0.493 e. The van der Waals surface area contributed by atoms with Crippen LogP contribution in [0.15, 0.2) is 23.2 Å². The van der Waals surface area contributed by atoms with E-state index in [-0.39, 0.29) is 0 Å². The quantitative estimate of drug-likeness (QED) is 0.751. The van der Waals surface area contributed by atoms with E-state index in [0.717, 1.165) is 5.56 Å². The Bertz CT molecular complexity index is 427. The van der Waals surface area contributed by atoms with Crippen molar-refractivity contribution in [2.24, 2.45) is 4.99 Å². The van der Waals surface area contributed by atoms with E-state index in [1.165, 1.54) is 0 Å². The van der Waals surface area contributed by atoms with Gasteiger partial charge in [0, 0.05) is 16.7 Å². The molecule has 0 fully saturated rings. The highest BCUT2D eigenvalue weighted by Gasteiger charge is 2.11. The van der Waals surface area contributed by atoms with E-state index in [2.05, 4.69) is 11.7 Å². The number of allylic oxidation sites excluding steroid dienone is 1. The molecule has 1 aromatic rings. The first-order valence-electron chi connectivity index (χ1n) is 4.72. The van der Waals surface area contributed by atoms with Crippen molar-refractivity contribution in [3.05, 3.63) is 23.8 Å². The minimum absolute atomic E-state index is 0.600. The van der Waals surface area contributed by atoms with Gasteiger partial charge in [-0.1, -0.05) is 17.7 Å². The van der Waals surface area contributed by atoms with Crippen molar-refractivity contribution in [1.29, 1.82) is 0 Å². The van der Waals surface area contributed by atoms with Crippen molar-refractivity contribution in [1.82, 2.24) is 0 Å². The number of halogens is 1. The summed E-state index contributed by atoms with van der Waals surface area (Å²) in [6, 6.07) is 3.53. The summed E-state index contributed by atoms with van der Waals surface area (Å²) in [5.41, 5.74) is 1.44. The Morgan fingerprint density at radius 1 is 1.31 bits per heavy atom. The molecule has 0 aliphatic rings. The molecule has 0 radical (unpaired) electrons. The predicted molar refractivity (Wildman–Crippen MR) is 68.3 cm³/mol. The number of hydrogen-bond donors (Lipinski definition) is 0. The van der Waals surface area contributed by atoms with Crippen LogP contribution in [0, 0.1) is 0 Å². The van der Waals surface area contributed by atoms with Crippen LogP contribution in [-0.2, 0) is 0 Å². The summed E-state index contributed by atoms with van der Waals surface area (Å²) >= 11 is 6.08. The van der Waals surface area contributed by atoms with Gasteiger partial charge in [0.25, 0.3) is 0 Å². The van der Waals surface area contributed by atoms with E-state index in [1.54, 1.807) is 32.4 Å². The molecule has 16 heavy (non-hydrogen) atoms. The lowest BCUT2D eigenvalue weighted by Gasteiger charge is -2.11. The summed E-state index contributed by atoms with van der Waals surface area (Å²) < 4.78 is 10.4. The van der Waals surface area contributed by atoms with Crippen LogP contribution in [0.1, 0.15) is 12.5 Å². The molecule has 1 rings (SSSR count). The SMILES string of the molecule is C=Nc1cc(OC)c(OC)cc1/C(Cl)=C\C. The van der Waals surface area contributed by atoms with Crippen molar-refractivity contribution in [3.8, 4) is 11.5 Å². The van der Waals surface area contributed by atoms with Crippen LogP contribution in [0.2, 0.25) is 0 Å². The maximum absolute atomic E-state index is 6.08. The van der Waals surface area contributed by atoms with Gasteiger partial charge in [-0.15, -0.1) is 0 Å². The van der Waals surface area contributed by atoms with Gasteiger partial charge in [-0.05, 0) is 19.7 Å². The zero-order chi connectivity index (χ0) is 12.1. The molecule has 4 heteroatoms. The first kappa shape index (κ1) is 12.6. The minimum atomic E-state index is 0.600. The van der Waals surface area contributed by atoms with Crippen molar-refractivity contribution in [3.63, 3.8) is 0 Å². The van der Waals surface area contributed by atoms with Crippen LogP contribution in [0.25, 0.3) is 5.03 Å². The van der Waals surface area contributed by atoms with E-state index in [1.807, 2.05) is 6.92 Å². The molecule has 0 aromatic heterocycles. The molecule has 0 bridgehead atoms. The molecule has 86 valence electrons. The lowest BCUT2D eigenvalue weighted by Crippen LogP contribution is -1.92. The molecule has 0 N–H and O–H groups in total. The minimum Gasteiger partial charge on any atom is -0.493 e. The van der Waals surface area contributed by atoms with Gasteiger partial charge in [0.15, 0.2) is 11.5 Å². The van der Waals surface area contributed by atoms with Crippen LogP contribution in [0.4, 0.5) is 5.69 Å². The molecule has 1 aromatic carbocycles. The molecule has 0 aliphatic carbocycles. The van der Waals surface area contributed by atoms with Crippen LogP contribution >= 0.6 is 11.6 Å². The number of aliphatic imine (C=N–C) groups is 1. The molecule has 0 spiro atoms. The van der Waals surface area contributed by atoms with E-state index in [9.17, 15) is 0 Å². The molecule has 0 atom stereocenters. The van der Waals surface area contributed by atoms with E-state index >= 15 is 0 Å². The Kier molecular flexibility index (Phi) is 4.38. The highest BCUT2D eigenvalue weighted by atomic mass is 35.5. The van der Waals surface area contributed by atoms with Gasteiger partial charge in [0.1, 0.15) is 0 Å². The number of ether oxygens (including phenoxy) is 2. The predicted octanol–water partition coefficient (Wildman–Crippen LogP) is 3.64. The zero-order valence-corrected chi connectivity index (χ0v) is 10.3. The summed E-state index contributed by atoms with van der Waals surface area (Å²) in [7, 11) is 3.15. The Morgan fingerprint density at radius 3 is 2.31 bits per heavy atom. The molecule has 0 unspecified atom stereocenters. The molecule has 0 aliphatic heterocycles. The van der Waals surface area contributed by atoms with Crippen molar-refractivity contribution >= 4 is 29.0 Å².